The number of alkyl halides is 3. The van der Waals surface area contributed by atoms with Crippen molar-refractivity contribution >= 4 is 46.4 Å². The van der Waals surface area contributed by atoms with Gasteiger partial charge in [0.15, 0.2) is 3.79 Å². The van der Waals surface area contributed by atoms with Gasteiger partial charge in [0, 0.05) is 18.7 Å². The van der Waals surface area contributed by atoms with Crippen LogP contribution in [0.1, 0.15) is 18.9 Å². The van der Waals surface area contributed by atoms with Crippen molar-refractivity contribution in [2.24, 2.45) is 5.92 Å². The van der Waals surface area contributed by atoms with Crippen LogP contribution in [-0.4, -0.2) is 16.2 Å². The van der Waals surface area contributed by atoms with Gasteiger partial charge < -0.3 is 4.90 Å². The van der Waals surface area contributed by atoms with Crippen molar-refractivity contribution in [3.8, 4) is 0 Å². The van der Waals surface area contributed by atoms with E-state index < -0.39 is 9.21 Å². The Morgan fingerprint density at radius 1 is 1.04 bits per heavy atom. The lowest BCUT2D eigenvalue weighted by Crippen LogP contribution is -2.43. The molecule has 1 fully saturated rings. The van der Waals surface area contributed by atoms with Crippen LogP contribution < -0.4 is 4.90 Å². The number of hydrogen-bond donors (Lipinski definition) is 0. The van der Waals surface area contributed by atoms with Crippen LogP contribution in [0, 0.1) is 5.92 Å². The lowest BCUT2D eigenvalue weighted by atomic mass is 9.70. The fraction of sp³-hybridized carbons (Fsp3) is 0.316. The highest BCUT2D eigenvalue weighted by molar-refractivity contribution is 6.67. The predicted octanol–water partition coefficient (Wildman–Crippen LogP) is 5.37. The van der Waals surface area contributed by atoms with Gasteiger partial charge in [-0.1, -0.05) is 90.3 Å². The van der Waals surface area contributed by atoms with Crippen molar-refractivity contribution in [3.05, 3.63) is 66.2 Å². The van der Waals surface area contributed by atoms with Crippen molar-refractivity contribution in [1.82, 2.24) is 0 Å². The molecule has 2 atom stereocenters. The molecule has 2 nitrogen and oxygen atoms in total. The summed E-state index contributed by atoms with van der Waals surface area (Å²) in [5, 5.41) is 0. The maximum atomic E-state index is 13.5. The average Bonchev–Trinajstić information content (AvgIpc) is 2.81. The lowest BCUT2D eigenvalue weighted by molar-refractivity contribution is -0.122. The minimum atomic E-state index is -1.51. The van der Waals surface area contributed by atoms with Gasteiger partial charge in [0.25, 0.3) is 0 Å². The molecule has 0 spiro atoms. The first-order chi connectivity index (χ1) is 11.3. The van der Waals surface area contributed by atoms with Crippen LogP contribution in [0.3, 0.4) is 0 Å². The first-order valence-corrected chi connectivity index (χ1v) is 8.97. The van der Waals surface area contributed by atoms with Crippen molar-refractivity contribution in [2.45, 2.75) is 22.6 Å². The second kappa shape index (κ2) is 6.59. The molecule has 1 aliphatic heterocycles. The second-order valence-corrected chi connectivity index (χ2v) is 8.80. The Kier molecular flexibility index (Phi) is 4.83. The Labute approximate surface area is 157 Å². The molecule has 1 amide bonds. The van der Waals surface area contributed by atoms with E-state index in [9.17, 15) is 4.79 Å². The normalized spacial score (nSPS) is 24.4. The lowest BCUT2D eigenvalue weighted by Gasteiger charge is -2.34. The van der Waals surface area contributed by atoms with Crippen LogP contribution >= 0.6 is 34.8 Å². The van der Waals surface area contributed by atoms with Crippen LogP contribution in [0.5, 0.6) is 0 Å². The number of benzene rings is 2. The second-order valence-electron chi connectivity index (χ2n) is 6.28. The highest BCUT2D eigenvalue weighted by atomic mass is 35.6. The highest BCUT2D eigenvalue weighted by Crippen LogP contribution is 2.50. The number of anilines is 1. The summed E-state index contributed by atoms with van der Waals surface area (Å²) in [4.78, 5) is 15.3. The van der Waals surface area contributed by atoms with E-state index in [1.165, 1.54) is 0 Å². The van der Waals surface area contributed by atoms with Gasteiger partial charge >= 0.3 is 0 Å². The zero-order chi connectivity index (χ0) is 17.4. The Hall–Kier alpha value is -1.22. The smallest absolute Gasteiger partial charge is 0.238 e. The fourth-order valence-electron chi connectivity index (χ4n) is 3.61. The maximum Gasteiger partial charge on any atom is 0.238 e. The topological polar surface area (TPSA) is 20.3 Å². The number of nitrogens with zero attached hydrogens (tertiary/aromatic N) is 1. The van der Waals surface area contributed by atoms with E-state index >= 15 is 0 Å². The van der Waals surface area contributed by atoms with Gasteiger partial charge in [-0.15, -0.1) is 0 Å². The van der Waals surface area contributed by atoms with Crippen molar-refractivity contribution in [1.29, 1.82) is 0 Å². The first kappa shape index (κ1) is 17.6. The third-order valence-corrected chi connectivity index (χ3v) is 5.16. The van der Waals surface area contributed by atoms with Gasteiger partial charge in [-0.3, -0.25) is 4.79 Å². The molecule has 3 rings (SSSR count). The predicted molar refractivity (Wildman–Crippen MR) is 101 cm³/mol. The highest BCUT2D eigenvalue weighted by Gasteiger charge is 2.56. The van der Waals surface area contributed by atoms with Crippen LogP contribution in [0.4, 0.5) is 5.69 Å². The zero-order valence-electron chi connectivity index (χ0n) is 13.3. The molecule has 0 unspecified atom stereocenters. The van der Waals surface area contributed by atoms with Crippen LogP contribution in [-0.2, 0) is 10.2 Å². The summed E-state index contributed by atoms with van der Waals surface area (Å²) in [5.74, 6) is 0.00181. The van der Waals surface area contributed by atoms with E-state index in [0.717, 1.165) is 11.3 Å². The monoisotopic (exact) mass is 381 g/mol. The largest absolute Gasteiger partial charge is 0.311 e. The molecular weight excluding hydrogens is 365 g/mol. The Bertz CT molecular complexity index is 714. The molecule has 2 aromatic carbocycles. The number of para-hydroxylation sites is 1. The molecule has 24 heavy (non-hydrogen) atoms. The zero-order valence-corrected chi connectivity index (χ0v) is 15.5. The molecule has 0 N–H and O–H groups in total. The fourth-order valence-corrected chi connectivity index (χ4v) is 4.24. The molecule has 0 radical (unpaired) electrons. The van der Waals surface area contributed by atoms with E-state index in [-0.39, 0.29) is 18.2 Å². The van der Waals surface area contributed by atoms with E-state index in [1.54, 1.807) is 4.90 Å². The van der Waals surface area contributed by atoms with Gasteiger partial charge in [-0.2, -0.15) is 0 Å². The van der Waals surface area contributed by atoms with Gasteiger partial charge in [0.2, 0.25) is 5.91 Å². The van der Waals surface area contributed by atoms with Crippen LogP contribution in [0.2, 0.25) is 0 Å². The number of rotatable bonds is 3. The summed E-state index contributed by atoms with van der Waals surface area (Å²) in [7, 11) is 0. The van der Waals surface area contributed by atoms with Crippen molar-refractivity contribution in [3.63, 3.8) is 0 Å². The first-order valence-electron chi connectivity index (χ1n) is 7.84. The summed E-state index contributed by atoms with van der Waals surface area (Å²) >= 11 is 18.4. The third-order valence-electron chi connectivity index (χ3n) is 4.76. The summed E-state index contributed by atoms with van der Waals surface area (Å²) in [6.45, 7) is 2.64. The summed E-state index contributed by atoms with van der Waals surface area (Å²) < 4.78 is -1.51. The van der Waals surface area contributed by atoms with Crippen molar-refractivity contribution < 1.29 is 4.79 Å². The van der Waals surface area contributed by atoms with Crippen LogP contribution in [0.25, 0.3) is 0 Å². The molecule has 0 bridgehead atoms. The van der Waals surface area contributed by atoms with Crippen molar-refractivity contribution in [2.75, 3.05) is 11.4 Å². The van der Waals surface area contributed by atoms with E-state index in [4.69, 9.17) is 34.8 Å². The van der Waals surface area contributed by atoms with Gasteiger partial charge in [0.1, 0.15) is 0 Å². The molecular formula is C19H18Cl3NO. The van der Waals surface area contributed by atoms with E-state index in [0.29, 0.717) is 6.54 Å². The Morgan fingerprint density at radius 3 is 2.12 bits per heavy atom. The molecule has 1 saturated heterocycles. The molecule has 1 heterocycles. The third kappa shape index (κ3) is 3.15. The molecule has 0 aliphatic carbocycles. The molecule has 0 aromatic heterocycles. The minimum absolute atomic E-state index is 0.0151. The minimum Gasteiger partial charge on any atom is -0.311 e. The summed E-state index contributed by atoms with van der Waals surface area (Å²) in [6, 6.07) is 19.3. The van der Waals surface area contributed by atoms with Gasteiger partial charge in [-0.05, 0) is 23.6 Å². The maximum absolute atomic E-state index is 13.5. The molecule has 5 heteroatoms. The Morgan fingerprint density at radius 2 is 1.58 bits per heavy atom. The molecule has 1 aliphatic rings. The van der Waals surface area contributed by atoms with Gasteiger partial charge in [-0.25, -0.2) is 0 Å². The Balaban J connectivity index is 2.10. The number of carbonyl (C=O) groups is 1. The number of carbonyl (C=O) groups excluding carboxylic acids is 1. The molecule has 0 saturated carbocycles. The summed E-state index contributed by atoms with van der Waals surface area (Å²) in [5.41, 5.74) is 0.922. The quantitative estimate of drug-likeness (QED) is 0.654. The van der Waals surface area contributed by atoms with Gasteiger partial charge in [0.05, 0.1) is 5.41 Å². The number of halogens is 3. The number of amides is 1. The van der Waals surface area contributed by atoms with E-state index in [1.807, 2.05) is 67.6 Å². The summed E-state index contributed by atoms with van der Waals surface area (Å²) in [6.07, 6.45) is 0.151. The standard InChI is InChI=1S/C19H18Cl3NO/c1-14-12-23(16-10-6-3-7-11-16)17(24)18(14,13-19(20,21)22)15-8-4-2-5-9-15/h2-11,14H,12-13H2,1H3/t14-,18-/m1/s1. The molecule has 2 aromatic rings. The number of hydrogen-bond acceptors (Lipinski definition) is 1. The average molecular weight is 383 g/mol. The molecule has 126 valence electrons. The van der Waals surface area contributed by atoms with Crippen LogP contribution in [0.15, 0.2) is 60.7 Å². The SMILES string of the molecule is C[C@@H]1CN(c2ccccc2)C(=O)[C@@]1(CC(Cl)(Cl)Cl)c1ccccc1. The van der Waals surface area contributed by atoms with E-state index in [2.05, 4.69) is 0 Å².